The van der Waals surface area contributed by atoms with Gasteiger partial charge >= 0.3 is 17.6 Å². The van der Waals surface area contributed by atoms with Crippen molar-refractivity contribution in [2.45, 2.75) is 40.2 Å². The van der Waals surface area contributed by atoms with Crippen molar-refractivity contribution in [1.29, 1.82) is 0 Å². The molecule has 26 heavy (non-hydrogen) atoms. The summed E-state index contributed by atoms with van der Waals surface area (Å²) in [6, 6.07) is 0. The molecule has 0 amide bonds. The van der Waals surface area contributed by atoms with Gasteiger partial charge in [0.25, 0.3) is 0 Å². The molecule has 0 radical (unpaired) electrons. The molecule has 0 aromatic carbocycles. The molecule has 1 aromatic heterocycles. The van der Waals surface area contributed by atoms with E-state index >= 15 is 0 Å². The molecule has 10 nitrogen and oxygen atoms in total. The maximum atomic E-state index is 12.0. The third-order valence-corrected chi connectivity index (χ3v) is 3.06. The van der Waals surface area contributed by atoms with Crippen LogP contribution in [0.1, 0.15) is 45.1 Å². The van der Waals surface area contributed by atoms with Gasteiger partial charge in [-0.05, 0) is 39.3 Å². The van der Waals surface area contributed by atoms with Crippen LogP contribution in [-0.2, 0) is 14.3 Å². The Morgan fingerprint density at radius 2 is 1.96 bits per heavy atom. The number of anilines is 1. The van der Waals surface area contributed by atoms with Gasteiger partial charge in [0, 0.05) is 6.54 Å². The lowest BCUT2D eigenvalue weighted by Gasteiger charge is -2.22. The summed E-state index contributed by atoms with van der Waals surface area (Å²) in [5.74, 6) is -2.40. The molecule has 144 valence electrons. The summed E-state index contributed by atoms with van der Waals surface area (Å²) in [7, 11) is 0. The fourth-order valence-electron chi connectivity index (χ4n) is 1.80. The quantitative estimate of drug-likeness (QED) is 0.323. The molecule has 1 aromatic rings. The lowest BCUT2D eigenvalue weighted by molar-refractivity contribution is -0.384. The van der Waals surface area contributed by atoms with Gasteiger partial charge in [-0.2, -0.15) is 4.98 Å². The summed E-state index contributed by atoms with van der Waals surface area (Å²) in [6.07, 6.45) is 0. The highest BCUT2D eigenvalue weighted by Crippen LogP contribution is 2.28. The fraction of sp³-hybridized carbons (Fsp3) is 0.600. The van der Waals surface area contributed by atoms with Crippen LogP contribution in [0, 0.1) is 16.0 Å². The van der Waals surface area contributed by atoms with Gasteiger partial charge in [0.1, 0.15) is 5.60 Å². The van der Waals surface area contributed by atoms with Gasteiger partial charge in [0.2, 0.25) is 16.8 Å². The zero-order chi connectivity index (χ0) is 20.1. The molecule has 0 aliphatic rings. The van der Waals surface area contributed by atoms with Crippen LogP contribution in [0.15, 0.2) is 0 Å². The fourth-order valence-corrected chi connectivity index (χ4v) is 1.97. The van der Waals surface area contributed by atoms with Crippen molar-refractivity contribution in [2.24, 2.45) is 5.92 Å². The van der Waals surface area contributed by atoms with Crippen LogP contribution in [0.2, 0.25) is 5.28 Å². The first-order valence-corrected chi connectivity index (χ1v) is 8.19. The van der Waals surface area contributed by atoms with Gasteiger partial charge < -0.3 is 14.8 Å². The highest BCUT2D eigenvalue weighted by molar-refractivity contribution is 6.28. The predicted molar refractivity (Wildman–Crippen MR) is 93.2 cm³/mol. The number of nitro groups is 1. The normalized spacial score (nSPS) is 12.2. The van der Waals surface area contributed by atoms with Crippen molar-refractivity contribution < 1.29 is 24.0 Å². The van der Waals surface area contributed by atoms with Crippen molar-refractivity contribution in [2.75, 3.05) is 18.5 Å². The standard InChI is InChI=1S/C15H21ClN4O6/c1-6-25-13(22)9-10(20(23)24)11(19-14(16)18-9)17-7-8(2)12(21)26-15(3,4)5/h8H,6-7H2,1-5H3,(H,17,18,19)/t8-/m0/s1. The van der Waals surface area contributed by atoms with Crippen LogP contribution in [0.25, 0.3) is 0 Å². The van der Waals surface area contributed by atoms with Gasteiger partial charge in [0.05, 0.1) is 17.4 Å². The number of halogens is 1. The maximum absolute atomic E-state index is 12.0. The second-order valence-electron chi connectivity index (χ2n) is 6.33. The van der Waals surface area contributed by atoms with Gasteiger partial charge in [-0.1, -0.05) is 6.92 Å². The van der Waals surface area contributed by atoms with Crippen LogP contribution >= 0.6 is 11.6 Å². The summed E-state index contributed by atoms with van der Waals surface area (Å²) in [4.78, 5) is 41.8. The Labute approximate surface area is 155 Å². The van der Waals surface area contributed by atoms with E-state index in [1.807, 2.05) is 0 Å². The number of nitrogens with zero attached hydrogens (tertiary/aromatic N) is 3. The average molecular weight is 389 g/mol. The molecule has 0 spiro atoms. The van der Waals surface area contributed by atoms with Crippen LogP contribution in [-0.4, -0.2) is 45.6 Å². The minimum absolute atomic E-state index is 0.00997. The van der Waals surface area contributed by atoms with E-state index in [1.54, 1.807) is 34.6 Å². The largest absolute Gasteiger partial charge is 0.461 e. The molecule has 0 fully saturated rings. The number of hydrogen-bond acceptors (Lipinski definition) is 9. The molecular formula is C15H21ClN4O6. The van der Waals surface area contributed by atoms with Crippen LogP contribution in [0.5, 0.6) is 0 Å². The number of rotatable bonds is 7. The molecule has 0 unspecified atom stereocenters. The van der Waals surface area contributed by atoms with Crippen LogP contribution in [0.4, 0.5) is 11.5 Å². The third kappa shape index (κ3) is 6.10. The van der Waals surface area contributed by atoms with Gasteiger partial charge in [-0.15, -0.1) is 0 Å². The third-order valence-electron chi connectivity index (χ3n) is 2.89. The first kappa shape index (κ1) is 21.6. The molecule has 1 N–H and O–H groups in total. The second kappa shape index (κ2) is 8.75. The Morgan fingerprint density at radius 1 is 1.35 bits per heavy atom. The molecule has 1 heterocycles. The van der Waals surface area contributed by atoms with E-state index in [4.69, 9.17) is 21.1 Å². The van der Waals surface area contributed by atoms with Crippen LogP contribution < -0.4 is 5.32 Å². The molecular weight excluding hydrogens is 368 g/mol. The number of ether oxygens (including phenoxy) is 2. The van der Waals surface area contributed by atoms with E-state index in [0.717, 1.165) is 0 Å². The van der Waals surface area contributed by atoms with E-state index in [2.05, 4.69) is 15.3 Å². The van der Waals surface area contributed by atoms with Crippen molar-refractivity contribution in [3.05, 3.63) is 21.1 Å². The summed E-state index contributed by atoms with van der Waals surface area (Å²) in [5.41, 5.74) is -1.90. The highest BCUT2D eigenvalue weighted by atomic mass is 35.5. The number of hydrogen-bond donors (Lipinski definition) is 1. The highest BCUT2D eigenvalue weighted by Gasteiger charge is 2.31. The SMILES string of the molecule is CCOC(=O)c1nc(Cl)nc(NC[C@H](C)C(=O)OC(C)(C)C)c1[N+](=O)[O-]. The monoisotopic (exact) mass is 388 g/mol. The molecule has 0 aliphatic carbocycles. The average Bonchev–Trinajstić information content (AvgIpc) is 2.50. The Hall–Kier alpha value is -2.49. The lowest BCUT2D eigenvalue weighted by atomic mass is 10.1. The van der Waals surface area contributed by atoms with Crippen molar-refractivity contribution >= 4 is 35.0 Å². The topological polar surface area (TPSA) is 134 Å². The first-order valence-electron chi connectivity index (χ1n) is 7.82. The number of nitrogens with one attached hydrogen (secondary N) is 1. The van der Waals surface area contributed by atoms with Crippen molar-refractivity contribution in [3.8, 4) is 0 Å². The van der Waals surface area contributed by atoms with E-state index in [0.29, 0.717) is 0 Å². The Kier molecular flexibility index (Phi) is 7.25. The molecule has 0 saturated heterocycles. The molecule has 1 atom stereocenters. The summed E-state index contributed by atoms with van der Waals surface area (Å²) >= 11 is 5.75. The van der Waals surface area contributed by atoms with Crippen LogP contribution in [0.3, 0.4) is 0 Å². The number of esters is 2. The summed E-state index contributed by atoms with van der Waals surface area (Å²) in [6.45, 7) is 8.31. The number of carbonyl (C=O) groups is 2. The zero-order valence-corrected chi connectivity index (χ0v) is 15.9. The summed E-state index contributed by atoms with van der Waals surface area (Å²) < 4.78 is 9.99. The minimum Gasteiger partial charge on any atom is -0.461 e. The van der Waals surface area contributed by atoms with Gasteiger partial charge in [0.15, 0.2) is 0 Å². The smallest absolute Gasteiger partial charge is 0.364 e. The van der Waals surface area contributed by atoms with Gasteiger partial charge in [-0.25, -0.2) is 9.78 Å². The molecule has 1 rings (SSSR count). The van der Waals surface area contributed by atoms with Crippen molar-refractivity contribution in [1.82, 2.24) is 9.97 Å². The van der Waals surface area contributed by atoms with E-state index in [9.17, 15) is 19.7 Å². The van der Waals surface area contributed by atoms with E-state index in [1.165, 1.54) is 0 Å². The number of carbonyl (C=O) groups excluding carboxylic acids is 2. The predicted octanol–water partition coefficient (Wildman–Crippen LogP) is 2.60. The zero-order valence-electron chi connectivity index (χ0n) is 15.2. The van der Waals surface area contributed by atoms with E-state index < -0.39 is 39.8 Å². The second-order valence-corrected chi connectivity index (χ2v) is 6.67. The number of aromatic nitrogens is 2. The summed E-state index contributed by atoms with van der Waals surface area (Å²) in [5, 5.41) is 13.7. The van der Waals surface area contributed by atoms with Gasteiger partial charge in [-0.3, -0.25) is 14.9 Å². The molecule has 0 aliphatic heterocycles. The van der Waals surface area contributed by atoms with Crippen molar-refractivity contribution in [3.63, 3.8) is 0 Å². The molecule has 0 bridgehead atoms. The maximum Gasteiger partial charge on any atom is 0.364 e. The minimum atomic E-state index is -0.994. The Bertz CT molecular complexity index is 704. The molecule has 0 saturated carbocycles. The van der Waals surface area contributed by atoms with E-state index in [-0.39, 0.29) is 24.3 Å². The Balaban J connectivity index is 3.07. The lowest BCUT2D eigenvalue weighted by Crippen LogP contribution is -2.31. The first-order chi connectivity index (χ1) is 12.0. The Morgan fingerprint density at radius 3 is 2.46 bits per heavy atom. The molecule has 11 heteroatoms.